The number of fused-ring (bicyclic) bond motifs is 1. The quantitative estimate of drug-likeness (QED) is 0.763. The van der Waals surface area contributed by atoms with Crippen molar-refractivity contribution in [2.75, 3.05) is 20.3 Å². The SMILES string of the molecule is COC(=O)[C@H](C)NCC(O)COc1cccc2ccccc12. The number of aliphatic hydroxyl groups is 1. The fraction of sp³-hybridized carbons (Fsp3) is 0.353. The van der Waals surface area contributed by atoms with Gasteiger partial charge >= 0.3 is 5.97 Å². The lowest BCUT2D eigenvalue weighted by molar-refractivity contribution is -0.142. The van der Waals surface area contributed by atoms with Crippen LogP contribution in [0.3, 0.4) is 0 Å². The molecule has 2 aromatic carbocycles. The Morgan fingerprint density at radius 1 is 1.23 bits per heavy atom. The van der Waals surface area contributed by atoms with Crippen LogP contribution in [0, 0.1) is 0 Å². The number of carbonyl (C=O) groups excluding carboxylic acids is 1. The van der Waals surface area contributed by atoms with Gasteiger partial charge in [-0.2, -0.15) is 0 Å². The van der Waals surface area contributed by atoms with Gasteiger partial charge in [-0.3, -0.25) is 4.79 Å². The Morgan fingerprint density at radius 3 is 2.73 bits per heavy atom. The second-order valence-electron chi connectivity index (χ2n) is 5.10. The first kappa shape index (κ1) is 16.3. The highest BCUT2D eigenvalue weighted by atomic mass is 16.5. The van der Waals surface area contributed by atoms with Crippen molar-refractivity contribution in [2.24, 2.45) is 0 Å². The molecule has 2 aromatic rings. The van der Waals surface area contributed by atoms with E-state index in [1.54, 1.807) is 6.92 Å². The third kappa shape index (κ3) is 4.19. The van der Waals surface area contributed by atoms with Crippen LogP contribution in [0.4, 0.5) is 0 Å². The molecule has 118 valence electrons. The molecule has 0 aromatic heterocycles. The molecule has 0 aliphatic carbocycles. The number of rotatable bonds is 7. The van der Waals surface area contributed by atoms with Crippen molar-refractivity contribution in [3.05, 3.63) is 42.5 Å². The summed E-state index contributed by atoms with van der Waals surface area (Å²) in [6, 6.07) is 13.3. The molecule has 1 unspecified atom stereocenters. The maximum Gasteiger partial charge on any atom is 0.322 e. The molecule has 0 aliphatic heterocycles. The predicted molar refractivity (Wildman–Crippen MR) is 84.9 cm³/mol. The van der Waals surface area contributed by atoms with E-state index in [4.69, 9.17) is 4.74 Å². The van der Waals surface area contributed by atoms with Gasteiger partial charge in [0, 0.05) is 11.9 Å². The summed E-state index contributed by atoms with van der Waals surface area (Å²) in [6.45, 7) is 2.08. The first-order valence-electron chi connectivity index (χ1n) is 7.21. The zero-order chi connectivity index (χ0) is 15.9. The second-order valence-corrected chi connectivity index (χ2v) is 5.10. The number of aliphatic hydroxyl groups excluding tert-OH is 1. The average molecular weight is 303 g/mol. The molecule has 0 fully saturated rings. The molecule has 5 nitrogen and oxygen atoms in total. The van der Waals surface area contributed by atoms with Crippen LogP contribution in [0.25, 0.3) is 10.8 Å². The van der Waals surface area contributed by atoms with E-state index in [0.717, 1.165) is 16.5 Å². The zero-order valence-electron chi connectivity index (χ0n) is 12.8. The zero-order valence-corrected chi connectivity index (χ0v) is 12.8. The van der Waals surface area contributed by atoms with E-state index in [2.05, 4.69) is 10.1 Å². The molecule has 0 amide bonds. The molecule has 0 radical (unpaired) electrons. The number of nitrogens with one attached hydrogen (secondary N) is 1. The van der Waals surface area contributed by atoms with Crippen molar-refractivity contribution in [2.45, 2.75) is 19.1 Å². The van der Waals surface area contributed by atoms with E-state index < -0.39 is 12.1 Å². The van der Waals surface area contributed by atoms with Crippen molar-refractivity contribution >= 4 is 16.7 Å². The number of esters is 1. The summed E-state index contributed by atoms with van der Waals surface area (Å²) in [5.74, 6) is 0.375. The summed E-state index contributed by atoms with van der Waals surface area (Å²) >= 11 is 0. The van der Waals surface area contributed by atoms with E-state index in [-0.39, 0.29) is 19.1 Å². The minimum absolute atomic E-state index is 0.148. The van der Waals surface area contributed by atoms with Gasteiger partial charge in [-0.1, -0.05) is 36.4 Å². The monoisotopic (exact) mass is 303 g/mol. The van der Waals surface area contributed by atoms with E-state index in [1.807, 2.05) is 42.5 Å². The Morgan fingerprint density at radius 2 is 1.95 bits per heavy atom. The minimum atomic E-state index is -0.717. The van der Waals surface area contributed by atoms with Gasteiger partial charge in [0.25, 0.3) is 0 Å². The molecular weight excluding hydrogens is 282 g/mol. The van der Waals surface area contributed by atoms with Gasteiger partial charge < -0.3 is 19.9 Å². The number of hydrogen-bond donors (Lipinski definition) is 2. The standard InChI is InChI=1S/C17H21NO4/c1-12(17(20)21-2)18-10-14(19)11-22-16-9-5-7-13-6-3-4-8-15(13)16/h3-9,12,14,18-19H,10-11H2,1-2H3/t12-,14?/m0/s1. The maximum atomic E-state index is 11.3. The Hall–Kier alpha value is -2.11. The Kier molecular flexibility index (Phi) is 5.75. The number of ether oxygens (including phenoxy) is 2. The molecule has 5 heteroatoms. The summed E-state index contributed by atoms with van der Waals surface area (Å²) in [4.78, 5) is 11.3. The lowest BCUT2D eigenvalue weighted by atomic mass is 10.1. The third-order valence-electron chi connectivity index (χ3n) is 3.40. The van der Waals surface area contributed by atoms with Crippen LogP contribution in [0.15, 0.2) is 42.5 Å². The average Bonchev–Trinajstić information content (AvgIpc) is 2.56. The molecule has 2 rings (SSSR count). The highest BCUT2D eigenvalue weighted by Crippen LogP contribution is 2.25. The number of methoxy groups -OCH3 is 1. The van der Waals surface area contributed by atoms with Crippen LogP contribution in [0.5, 0.6) is 5.75 Å². The first-order chi connectivity index (χ1) is 10.6. The summed E-state index contributed by atoms with van der Waals surface area (Å²) in [5, 5.41) is 14.9. The summed E-state index contributed by atoms with van der Waals surface area (Å²) in [5.41, 5.74) is 0. The van der Waals surface area contributed by atoms with Crippen LogP contribution >= 0.6 is 0 Å². The normalized spacial score (nSPS) is 13.6. The minimum Gasteiger partial charge on any atom is -0.490 e. The van der Waals surface area contributed by atoms with Crippen LogP contribution < -0.4 is 10.1 Å². The van der Waals surface area contributed by atoms with Crippen LogP contribution in [-0.4, -0.2) is 43.5 Å². The Labute approximate surface area is 129 Å². The molecule has 0 bridgehead atoms. The fourth-order valence-electron chi connectivity index (χ4n) is 2.14. The summed E-state index contributed by atoms with van der Waals surface area (Å²) in [6.07, 6.45) is -0.717. The van der Waals surface area contributed by atoms with Crippen molar-refractivity contribution in [1.29, 1.82) is 0 Å². The molecule has 0 heterocycles. The molecule has 22 heavy (non-hydrogen) atoms. The van der Waals surface area contributed by atoms with E-state index in [1.165, 1.54) is 7.11 Å². The molecule has 0 saturated carbocycles. The number of benzene rings is 2. The van der Waals surface area contributed by atoms with Gasteiger partial charge in [-0.05, 0) is 18.4 Å². The smallest absolute Gasteiger partial charge is 0.322 e. The molecule has 0 spiro atoms. The molecular formula is C17H21NO4. The van der Waals surface area contributed by atoms with Gasteiger partial charge in [-0.15, -0.1) is 0 Å². The first-order valence-corrected chi connectivity index (χ1v) is 7.21. The Bertz CT molecular complexity index is 624. The predicted octanol–water partition coefficient (Wildman–Crippen LogP) is 1.73. The van der Waals surface area contributed by atoms with Crippen molar-refractivity contribution < 1.29 is 19.4 Å². The lowest BCUT2D eigenvalue weighted by Gasteiger charge is -2.16. The van der Waals surface area contributed by atoms with Gasteiger partial charge in [0.05, 0.1) is 7.11 Å². The number of hydrogen-bond acceptors (Lipinski definition) is 5. The molecule has 2 N–H and O–H groups in total. The van der Waals surface area contributed by atoms with Crippen LogP contribution in [0.2, 0.25) is 0 Å². The van der Waals surface area contributed by atoms with E-state index >= 15 is 0 Å². The lowest BCUT2D eigenvalue weighted by Crippen LogP contribution is -2.41. The summed E-state index contributed by atoms with van der Waals surface area (Å²) < 4.78 is 10.3. The Balaban J connectivity index is 1.88. The highest BCUT2D eigenvalue weighted by molar-refractivity contribution is 5.88. The maximum absolute atomic E-state index is 11.3. The topological polar surface area (TPSA) is 67.8 Å². The van der Waals surface area contributed by atoms with Crippen molar-refractivity contribution in [3.8, 4) is 5.75 Å². The molecule has 0 saturated heterocycles. The van der Waals surface area contributed by atoms with Crippen molar-refractivity contribution in [1.82, 2.24) is 5.32 Å². The largest absolute Gasteiger partial charge is 0.490 e. The second kappa shape index (κ2) is 7.77. The number of carbonyl (C=O) groups is 1. The van der Waals surface area contributed by atoms with Crippen LogP contribution in [-0.2, 0) is 9.53 Å². The van der Waals surface area contributed by atoms with E-state index in [0.29, 0.717) is 0 Å². The van der Waals surface area contributed by atoms with Gasteiger partial charge in [0.2, 0.25) is 0 Å². The van der Waals surface area contributed by atoms with E-state index in [9.17, 15) is 9.90 Å². The van der Waals surface area contributed by atoms with Gasteiger partial charge in [0.1, 0.15) is 24.5 Å². The molecule has 0 aliphatic rings. The van der Waals surface area contributed by atoms with Gasteiger partial charge in [-0.25, -0.2) is 0 Å². The highest BCUT2D eigenvalue weighted by Gasteiger charge is 2.14. The summed E-state index contributed by atoms with van der Waals surface area (Å²) in [7, 11) is 1.33. The van der Waals surface area contributed by atoms with Crippen molar-refractivity contribution in [3.63, 3.8) is 0 Å². The van der Waals surface area contributed by atoms with Gasteiger partial charge in [0.15, 0.2) is 0 Å². The fourth-order valence-corrected chi connectivity index (χ4v) is 2.14. The van der Waals surface area contributed by atoms with Crippen LogP contribution in [0.1, 0.15) is 6.92 Å². The third-order valence-corrected chi connectivity index (χ3v) is 3.40. The molecule has 2 atom stereocenters.